The molecule has 0 aliphatic rings. The second-order valence-corrected chi connectivity index (χ2v) is 4.84. The van der Waals surface area contributed by atoms with Crippen molar-refractivity contribution in [3.8, 4) is 11.5 Å². The van der Waals surface area contributed by atoms with Gasteiger partial charge in [0, 0.05) is 20.1 Å². The van der Waals surface area contributed by atoms with E-state index in [0.29, 0.717) is 10.0 Å². The molecule has 0 aliphatic carbocycles. The van der Waals surface area contributed by atoms with Crippen LogP contribution in [-0.2, 0) is 0 Å². The molecule has 0 bridgehead atoms. The second-order valence-electron chi connectivity index (χ2n) is 3.15. The monoisotopic (exact) mass is 362 g/mol. The molecule has 0 spiro atoms. The summed E-state index contributed by atoms with van der Waals surface area (Å²) < 4.78 is 0. The third-order valence-corrected chi connectivity index (χ3v) is 2.85. The van der Waals surface area contributed by atoms with Gasteiger partial charge in [0.1, 0.15) is 0 Å². The van der Waals surface area contributed by atoms with Crippen LogP contribution < -0.4 is 10.2 Å². The van der Waals surface area contributed by atoms with Gasteiger partial charge in [0.2, 0.25) is 0 Å². The fourth-order valence-electron chi connectivity index (χ4n) is 0.950. The van der Waals surface area contributed by atoms with Crippen LogP contribution in [0.15, 0.2) is 36.4 Å². The molecule has 2 aromatic carbocycles. The molecule has 19 heavy (non-hydrogen) atoms. The molecule has 2 nitrogen and oxygen atoms in total. The van der Waals surface area contributed by atoms with E-state index in [1.165, 1.54) is 36.4 Å². The minimum atomic E-state index is -0.193. The molecule has 0 saturated heterocycles. The third-order valence-electron chi connectivity index (χ3n) is 1.79. The molecule has 2 aromatic rings. The molecule has 0 saturated carbocycles. The molecule has 0 fully saturated rings. The van der Waals surface area contributed by atoms with Crippen molar-refractivity contribution < 1.29 is 10.2 Å². The Labute approximate surface area is 160 Å². The van der Waals surface area contributed by atoms with Gasteiger partial charge < -0.3 is 10.2 Å². The van der Waals surface area contributed by atoms with E-state index in [4.69, 9.17) is 46.4 Å². The molecule has 0 heterocycles. The SMILES string of the molecule is [Ca+2].[O-]c1ccc(Cl)cc1Cl.[O-]c1ccc(Cl)cc1Cl. The Kier molecular flexibility index (Phi) is 9.63. The summed E-state index contributed by atoms with van der Waals surface area (Å²) in [6, 6.07) is 8.54. The van der Waals surface area contributed by atoms with E-state index in [-0.39, 0.29) is 59.3 Å². The quantitative estimate of drug-likeness (QED) is 0.669. The Bertz CT molecular complexity index is 500. The van der Waals surface area contributed by atoms with E-state index in [1.54, 1.807) is 0 Å². The van der Waals surface area contributed by atoms with E-state index in [2.05, 4.69) is 0 Å². The van der Waals surface area contributed by atoms with E-state index >= 15 is 0 Å². The van der Waals surface area contributed by atoms with Crippen molar-refractivity contribution in [1.82, 2.24) is 0 Å². The van der Waals surface area contributed by atoms with E-state index < -0.39 is 0 Å². The average molecular weight is 364 g/mol. The van der Waals surface area contributed by atoms with E-state index in [9.17, 15) is 10.2 Å². The van der Waals surface area contributed by atoms with Crippen molar-refractivity contribution in [3.05, 3.63) is 56.5 Å². The Morgan fingerprint density at radius 1 is 0.632 bits per heavy atom. The van der Waals surface area contributed by atoms with Gasteiger partial charge in [0.15, 0.2) is 0 Å². The van der Waals surface area contributed by atoms with Crippen LogP contribution in [0, 0.1) is 0 Å². The number of halogens is 4. The predicted octanol–water partition coefficient (Wildman–Crippen LogP) is 3.75. The zero-order valence-corrected chi connectivity index (χ0v) is 14.7. The first kappa shape index (κ1) is 19.5. The summed E-state index contributed by atoms with van der Waals surface area (Å²) in [6.45, 7) is 0. The standard InChI is InChI=1S/2C6H4Cl2O.Ca/c2*7-4-1-2-6(9)5(8)3-4;/h2*1-3,9H;/q;;+2/p-2. The van der Waals surface area contributed by atoms with Crippen LogP contribution in [0.1, 0.15) is 0 Å². The van der Waals surface area contributed by atoms with Gasteiger partial charge in [-0.2, -0.15) is 0 Å². The molecule has 0 radical (unpaired) electrons. The first-order valence-corrected chi connectivity index (χ1v) is 6.15. The summed E-state index contributed by atoms with van der Waals surface area (Å²) >= 11 is 21.8. The topological polar surface area (TPSA) is 46.1 Å². The van der Waals surface area contributed by atoms with Crippen molar-refractivity contribution in [2.45, 2.75) is 0 Å². The molecule has 0 aromatic heterocycles. The maximum absolute atomic E-state index is 10.6. The summed E-state index contributed by atoms with van der Waals surface area (Å²) in [5.41, 5.74) is 0. The molecule has 96 valence electrons. The van der Waals surface area contributed by atoms with Crippen molar-refractivity contribution in [2.75, 3.05) is 0 Å². The number of hydrogen-bond acceptors (Lipinski definition) is 2. The molecule has 0 N–H and O–H groups in total. The van der Waals surface area contributed by atoms with Gasteiger partial charge in [0.05, 0.1) is 0 Å². The predicted molar refractivity (Wildman–Crippen MR) is 77.6 cm³/mol. The first-order valence-electron chi connectivity index (χ1n) is 4.64. The smallest absolute Gasteiger partial charge is 0.871 e. The van der Waals surface area contributed by atoms with Crippen molar-refractivity contribution in [1.29, 1.82) is 0 Å². The number of benzene rings is 2. The maximum Gasteiger partial charge on any atom is 2.00 e. The van der Waals surface area contributed by atoms with Crippen LogP contribution in [0.25, 0.3) is 0 Å². The largest absolute Gasteiger partial charge is 2.00 e. The van der Waals surface area contributed by atoms with Crippen LogP contribution in [0.3, 0.4) is 0 Å². The van der Waals surface area contributed by atoms with Crippen LogP contribution >= 0.6 is 46.4 Å². The molecule has 0 amide bonds. The molecule has 0 unspecified atom stereocenters. The summed E-state index contributed by atoms with van der Waals surface area (Å²) in [7, 11) is 0. The Balaban J connectivity index is 0.000000324. The van der Waals surface area contributed by atoms with Crippen molar-refractivity contribution >= 4 is 84.1 Å². The molecule has 0 aliphatic heterocycles. The van der Waals surface area contributed by atoms with Crippen LogP contribution in [0.2, 0.25) is 20.1 Å². The average Bonchev–Trinajstić information content (AvgIpc) is 2.30. The molecule has 0 atom stereocenters. The van der Waals surface area contributed by atoms with Crippen molar-refractivity contribution in [3.63, 3.8) is 0 Å². The summed E-state index contributed by atoms with van der Waals surface area (Å²) in [4.78, 5) is 0. The summed E-state index contributed by atoms with van der Waals surface area (Å²) in [5.74, 6) is -0.387. The number of hydrogen-bond donors (Lipinski definition) is 0. The van der Waals surface area contributed by atoms with Gasteiger partial charge in [-0.3, -0.25) is 0 Å². The van der Waals surface area contributed by atoms with Crippen molar-refractivity contribution in [2.24, 2.45) is 0 Å². The van der Waals surface area contributed by atoms with Gasteiger partial charge >= 0.3 is 37.7 Å². The Morgan fingerprint density at radius 3 is 1.16 bits per heavy atom. The van der Waals surface area contributed by atoms with Gasteiger partial charge in [-0.05, 0) is 24.3 Å². The molecular formula is C12H6CaCl4O2. The van der Waals surface area contributed by atoms with Gasteiger partial charge in [0.25, 0.3) is 0 Å². The Hall–Kier alpha value is 0.460. The van der Waals surface area contributed by atoms with Crippen LogP contribution in [0.5, 0.6) is 11.5 Å². The fraction of sp³-hybridized carbons (Fsp3) is 0. The minimum Gasteiger partial charge on any atom is -0.871 e. The summed E-state index contributed by atoms with van der Waals surface area (Å²) in [6.07, 6.45) is 0. The zero-order valence-electron chi connectivity index (χ0n) is 9.50. The van der Waals surface area contributed by atoms with Crippen LogP contribution in [-0.4, -0.2) is 37.7 Å². The zero-order chi connectivity index (χ0) is 13.7. The second kappa shape index (κ2) is 9.41. The van der Waals surface area contributed by atoms with Gasteiger partial charge in [-0.1, -0.05) is 70.0 Å². The molecule has 7 heteroatoms. The molecular weight excluding hydrogens is 358 g/mol. The van der Waals surface area contributed by atoms with Gasteiger partial charge in [-0.25, -0.2) is 0 Å². The first-order chi connectivity index (χ1) is 8.40. The summed E-state index contributed by atoms with van der Waals surface area (Å²) in [5, 5.41) is 22.5. The third kappa shape index (κ3) is 7.14. The van der Waals surface area contributed by atoms with Gasteiger partial charge in [-0.15, -0.1) is 0 Å². The van der Waals surface area contributed by atoms with E-state index in [1.807, 2.05) is 0 Å². The van der Waals surface area contributed by atoms with E-state index in [0.717, 1.165) is 0 Å². The number of rotatable bonds is 0. The molecule has 2 rings (SSSR count). The Morgan fingerprint density at radius 2 is 0.947 bits per heavy atom. The normalized spacial score (nSPS) is 9.05. The minimum absolute atomic E-state index is 0. The maximum atomic E-state index is 10.6. The fourth-order valence-corrected chi connectivity index (χ4v) is 1.77. The van der Waals surface area contributed by atoms with Crippen LogP contribution in [0.4, 0.5) is 0 Å².